The number of hydrogen-bond donors (Lipinski definition) is 1. The number of benzene rings is 1. The molecule has 2 rings (SSSR count). The van der Waals surface area contributed by atoms with Crippen LogP contribution in [0.3, 0.4) is 0 Å². The smallest absolute Gasteiger partial charge is 0.302 e. The Kier molecular flexibility index (Phi) is 4.95. The van der Waals surface area contributed by atoms with Crippen LogP contribution in [0.25, 0.3) is 0 Å². The van der Waals surface area contributed by atoms with Crippen molar-refractivity contribution in [2.45, 2.75) is 38.2 Å². The first-order chi connectivity index (χ1) is 8.67. The van der Waals surface area contributed by atoms with Crippen molar-refractivity contribution in [2.24, 2.45) is 0 Å². The minimum absolute atomic E-state index is 0.287. The maximum absolute atomic E-state index is 11.8. The third kappa shape index (κ3) is 4.21. The van der Waals surface area contributed by atoms with Crippen LogP contribution < -0.4 is 0 Å². The summed E-state index contributed by atoms with van der Waals surface area (Å²) in [5.41, 5.74) is 0.927. The van der Waals surface area contributed by atoms with E-state index in [4.69, 9.17) is 9.05 Å². The lowest BCUT2D eigenvalue weighted by molar-refractivity contribution is 0.0919. The Morgan fingerprint density at radius 2 is 1.83 bits per heavy atom. The normalized spacial score (nSPS) is 30.8. The fourth-order valence-corrected chi connectivity index (χ4v) is 3.07. The average molecular weight is 270 g/mol. The second kappa shape index (κ2) is 6.48. The Morgan fingerprint density at radius 3 is 2.61 bits per heavy atom. The zero-order chi connectivity index (χ0) is 12.8. The minimum Gasteiger partial charge on any atom is -0.302 e. The van der Waals surface area contributed by atoms with Gasteiger partial charge in [0.2, 0.25) is 0 Å². The Balaban J connectivity index is 2.12. The number of phosphoric acid groups is 1. The first-order valence-electron chi connectivity index (χ1n) is 6.38. The highest BCUT2D eigenvalue weighted by Crippen LogP contribution is 2.49. The van der Waals surface area contributed by atoms with Gasteiger partial charge in [-0.05, 0) is 18.4 Å². The standard InChI is InChI=1S/C13H19O4P/c14-18(15)16-11-7-2-1-6-10-13(17-18)12-8-4-3-5-9-12/h3-5,8-9,13H,1-2,6-7,10-11H2,(H,14,15). The van der Waals surface area contributed by atoms with E-state index in [9.17, 15) is 9.46 Å². The van der Waals surface area contributed by atoms with E-state index in [1.165, 1.54) is 0 Å². The molecule has 100 valence electrons. The second-order valence-corrected chi connectivity index (χ2v) is 5.92. The lowest BCUT2D eigenvalue weighted by atomic mass is 10.0. The molecule has 1 aromatic rings. The molecule has 1 saturated heterocycles. The van der Waals surface area contributed by atoms with Gasteiger partial charge in [0.15, 0.2) is 0 Å². The van der Waals surface area contributed by atoms with Gasteiger partial charge in [-0.25, -0.2) is 4.57 Å². The predicted octanol–water partition coefficient (Wildman–Crippen LogP) is 3.83. The summed E-state index contributed by atoms with van der Waals surface area (Å²) < 4.78 is 22.0. The van der Waals surface area contributed by atoms with Crippen LogP contribution in [0.1, 0.15) is 43.8 Å². The molecule has 5 heteroatoms. The summed E-state index contributed by atoms with van der Waals surface area (Å²) in [6, 6.07) is 9.55. The van der Waals surface area contributed by atoms with Crippen LogP contribution in [0.5, 0.6) is 0 Å². The fourth-order valence-electron chi connectivity index (χ4n) is 2.10. The molecule has 0 bridgehead atoms. The van der Waals surface area contributed by atoms with Gasteiger partial charge in [0.25, 0.3) is 0 Å². The van der Waals surface area contributed by atoms with Crippen LogP contribution in [-0.2, 0) is 13.6 Å². The topological polar surface area (TPSA) is 55.8 Å². The number of rotatable bonds is 1. The third-order valence-corrected chi connectivity index (χ3v) is 4.08. The van der Waals surface area contributed by atoms with E-state index in [1.807, 2.05) is 30.3 Å². The molecule has 0 saturated carbocycles. The van der Waals surface area contributed by atoms with E-state index in [0.717, 1.165) is 37.7 Å². The van der Waals surface area contributed by atoms with E-state index in [1.54, 1.807) is 0 Å². The summed E-state index contributed by atoms with van der Waals surface area (Å²) in [6.07, 6.45) is 4.33. The molecule has 1 N–H and O–H groups in total. The number of phosphoric ester groups is 1. The minimum atomic E-state index is -3.93. The van der Waals surface area contributed by atoms with Gasteiger partial charge in [-0.15, -0.1) is 0 Å². The van der Waals surface area contributed by atoms with Crippen LogP contribution in [0, 0.1) is 0 Å². The summed E-state index contributed by atoms with van der Waals surface area (Å²) in [5, 5.41) is 0. The molecule has 1 heterocycles. The van der Waals surface area contributed by atoms with Crippen LogP contribution in [-0.4, -0.2) is 11.5 Å². The first kappa shape index (κ1) is 13.8. The van der Waals surface area contributed by atoms with Gasteiger partial charge in [0.05, 0.1) is 12.7 Å². The van der Waals surface area contributed by atoms with Gasteiger partial charge in [-0.2, -0.15) is 0 Å². The molecule has 0 amide bonds. The van der Waals surface area contributed by atoms with Gasteiger partial charge in [0.1, 0.15) is 0 Å². The van der Waals surface area contributed by atoms with Crippen molar-refractivity contribution in [2.75, 3.05) is 6.61 Å². The summed E-state index contributed by atoms with van der Waals surface area (Å²) in [4.78, 5) is 9.64. The molecule has 1 aromatic carbocycles. The zero-order valence-corrected chi connectivity index (χ0v) is 11.2. The SMILES string of the molecule is O=P1(O)OCCCCCCC(c2ccccc2)O1. The van der Waals surface area contributed by atoms with E-state index >= 15 is 0 Å². The molecule has 1 aliphatic heterocycles. The second-order valence-electron chi connectivity index (χ2n) is 4.51. The van der Waals surface area contributed by atoms with Crippen molar-refractivity contribution in [3.05, 3.63) is 35.9 Å². The van der Waals surface area contributed by atoms with E-state index < -0.39 is 7.82 Å². The highest BCUT2D eigenvalue weighted by Gasteiger charge is 2.27. The van der Waals surface area contributed by atoms with Gasteiger partial charge in [0, 0.05) is 0 Å². The van der Waals surface area contributed by atoms with Crippen molar-refractivity contribution < 1.29 is 18.5 Å². The van der Waals surface area contributed by atoms with E-state index in [0.29, 0.717) is 0 Å². The first-order valence-corrected chi connectivity index (χ1v) is 7.88. The molecule has 1 fully saturated rings. The highest BCUT2D eigenvalue weighted by atomic mass is 31.2. The Morgan fingerprint density at radius 1 is 1.11 bits per heavy atom. The Labute approximate surface area is 108 Å². The Bertz CT molecular complexity index is 407. The molecule has 0 spiro atoms. The van der Waals surface area contributed by atoms with Crippen molar-refractivity contribution in [3.63, 3.8) is 0 Å². The highest BCUT2D eigenvalue weighted by molar-refractivity contribution is 7.47. The fraction of sp³-hybridized carbons (Fsp3) is 0.538. The largest absolute Gasteiger partial charge is 0.472 e. The predicted molar refractivity (Wildman–Crippen MR) is 69.1 cm³/mol. The molecule has 2 atom stereocenters. The molecule has 0 aromatic heterocycles. The molecule has 0 aliphatic carbocycles. The number of hydrogen-bond acceptors (Lipinski definition) is 3. The van der Waals surface area contributed by atoms with Crippen molar-refractivity contribution >= 4 is 7.82 Å². The molecule has 4 nitrogen and oxygen atoms in total. The quantitative estimate of drug-likeness (QED) is 0.788. The summed E-state index contributed by atoms with van der Waals surface area (Å²) in [7, 11) is -3.93. The molecule has 0 radical (unpaired) electrons. The third-order valence-electron chi connectivity index (χ3n) is 3.05. The van der Waals surface area contributed by atoms with E-state index in [2.05, 4.69) is 0 Å². The van der Waals surface area contributed by atoms with Crippen molar-refractivity contribution in [1.29, 1.82) is 0 Å². The molecular formula is C13H19O4P. The summed E-state index contributed by atoms with van der Waals surface area (Å²) in [5.74, 6) is 0. The van der Waals surface area contributed by atoms with Crippen LogP contribution in [0.4, 0.5) is 0 Å². The van der Waals surface area contributed by atoms with E-state index in [-0.39, 0.29) is 12.7 Å². The summed E-state index contributed by atoms with van der Waals surface area (Å²) in [6.45, 7) is 0.287. The van der Waals surface area contributed by atoms with Gasteiger partial charge >= 0.3 is 7.82 Å². The molecular weight excluding hydrogens is 251 g/mol. The van der Waals surface area contributed by atoms with Crippen LogP contribution in [0.2, 0.25) is 0 Å². The summed E-state index contributed by atoms with van der Waals surface area (Å²) >= 11 is 0. The van der Waals surface area contributed by atoms with Crippen LogP contribution in [0.15, 0.2) is 30.3 Å². The molecule has 18 heavy (non-hydrogen) atoms. The van der Waals surface area contributed by atoms with Gasteiger partial charge < -0.3 is 4.89 Å². The zero-order valence-electron chi connectivity index (χ0n) is 10.3. The molecule has 1 aliphatic rings. The van der Waals surface area contributed by atoms with Gasteiger partial charge in [-0.1, -0.05) is 49.6 Å². The van der Waals surface area contributed by atoms with Crippen molar-refractivity contribution in [3.8, 4) is 0 Å². The maximum atomic E-state index is 11.8. The average Bonchev–Trinajstić information content (AvgIpc) is 2.37. The van der Waals surface area contributed by atoms with Gasteiger partial charge in [-0.3, -0.25) is 9.05 Å². The van der Waals surface area contributed by atoms with Crippen LogP contribution >= 0.6 is 7.82 Å². The monoisotopic (exact) mass is 270 g/mol. The lowest BCUT2D eigenvalue weighted by Gasteiger charge is -2.22. The molecule has 2 unspecified atom stereocenters. The maximum Gasteiger partial charge on any atom is 0.472 e. The van der Waals surface area contributed by atoms with Crippen molar-refractivity contribution in [1.82, 2.24) is 0 Å². The lowest BCUT2D eigenvalue weighted by Crippen LogP contribution is -2.07. The Hall–Kier alpha value is -0.670.